The lowest BCUT2D eigenvalue weighted by Gasteiger charge is -2.10. The first-order chi connectivity index (χ1) is 10.7. The van der Waals surface area contributed by atoms with Crippen LogP contribution < -0.4 is 10.6 Å². The summed E-state index contributed by atoms with van der Waals surface area (Å²) >= 11 is 1.71. The SMILES string of the molecule is CN=C(NCCc1ccccn1)NCc1csc(C(C)C)n1. The van der Waals surface area contributed by atoms with Crippen LogP contribution in [0.4, 0.5) is 0 Å². The molecule has 0 aliphatic rings. The number of guanidine groups is 1. The van der Waals surface area contributed by atoms with Crippen LogP contribution in [0.1, 0.15) is 36.2 Å². The second-order valence-corrected chi connectivity index (χ2v) is 6.15. The molecule has 0 atom stereocenters. The fraction of sp³-hybridized carbons (Fsp3) is 0.438. The van der Waals surface area contributed by atoms with Gasteiger partial charge in [0.2, 0.25) is 0 Å². The molecule has 0 unspecified atom stereocenters. The molecule has 0 aromatic carbocycles. The summed E-state index contributed by atoms with van der Waals surface area (Å²) in [5.41, 5.74) is 2.13. The Kier molecular flexibility index (Phi) is 6.33. The Morgan fingerprint density at radius 1 is 1.27 bits per heavy atom. The van der Waals surface area contributed by atoms with Gasteiger partial charge in [0.15, 0.2) is 5.96 Å². The highest BCUT2D eigenvalue weighted by molar-refractivity contribution is 7.09. The Morgan fingerprint density at radius 2 is 2.14 bits per heavy atom. The van der Waals surface area contributed by atoms with Crippen LogP contribution in [-0.2, 0) is 13.0 Å². The van der Waals surface area contributed by atoms with Gasteiger partial charge in [0, 0.05) is 43.2 Å². The van der Waals surface area contributed by atoms with E-state index in [1.165, 1.54) is 5.01 Å². The summed E-state index contributed by atoms with van der Waals surface area (Å²) in [7, 11) is 1.77. The quantitative estimate of drug-likeness (QED) is 0.635. The third-order valence-electron chi connectivity index (χ3n) is 3.12. The van der Waals surface area contributed by atoms with E-state index in [4.69, 9.17) is 0 Å². The largest absolute Gasteiger partial charge is 0.356 e. The molecule has 2 rings (SSSR count). The minimum absolute atomic E-state index is 0.481. The minimum Gasteiger partial charge on any atom is -0.356 e. The molecule has 0 amide bonds. The summed E-state index contributed by atoms with van der Waals surface area (Å²) in [4.78, 5) is 13.1. The van der Waals surface area contributed by atoms with Crippen molar-refractivity contribution in [3.05, 3.63) is 46.2 Å². The molecule has 2 aromatic heterocycles. The van der Waals surface area contributed by atoms with Crippen LogP contribution >= 0.6 is 11.3 Å². The van der Waals surface area contributed by atoms with Crippen LogP contribution in [0, 0.1) is 0 Å². The van der Waals surface area contributed by atoms with Gasteiger partial charge in [0.1, 0.15) is 0 Å². The third-order valence-corrected chi connectivity index (χ3v) is 4.32. The topological polar surface area (TPSA) is 62.2 Å². The number of nitrogens with one attached hydrogen (secondary N) is 2. The van der Waals surface area contributed by atoms with Crippen molar-refractivity contribution in [3.63, 3.8) is 0 Å². The zero-order valence-electron chi connectivity index (χ0n) is 13.3. The molecule has 2 aromatic rings. The lowest BCUT2D eigenvalue weighted by atomic mass is 10.2. The molecule has 2 N–H and O–H groups in total. The van der Waals surface area contributed by atoms with Gasteiger partial charge in [-0.2, -0.15) is 0 Å². The highest BCUT2D eigenvalue weighted by Gasteiger charge is 2.06. The number of hydrogen-bond acceptors (Lipinski definition) is 4. The molecule has 0 fully saturated rings. The van der Waals surface area contributed by atoms with Gasteiger partial charge in [-0.1, -0.05) is 19.9 Å². The van der Waals surface area contributed by atoms with E-state index in [-0.39, 0.29) is 0 Å². The zero-order valence-corrected chi connectivity index (χ0v) is 14.2. The molecule has 0 aliphatic heterocycles. The molecule has 22 heavy (non-hydrogen) atoms. The van der Waals surface area contributed by atoms with Crippen LogP contribution in [0.5, 0.6) is 0 Å². The van der Waals surface area contributed by atoms with Crippen molar-refractivity contribution in [2.24, 2.45) is 4.99 Å². The fourth-order valence-electron chi connectivity index (χ4n) is 1.92. The van der Waals surface area contributed by atoms with Gasteiger partial charge in [-0.3, -0.25) is 9.98 Å². The number of aromatic nitrogens is 2. The van der Waals surface area contributed by atoms with E-state index in [9.17, 15) is 0 Å². The van der Waals surface area contributed by atoms with Crippen molar-refractivity contribution < 1.29 is 0 Å². The third kappa shape index (κ3) is 5.11. The zero-order chi connectivity index (χ0) is 15.8. The lowest BCUT2D eigenvalue weighted by Crippen LogP contribution is -2.38. The van der Waals surface area contributed by atoms with Crippen molar-refractivity contribution in [2.75, 3.05) is 13.6 Å². The molecule has 6 heteroatoms. The van der Waals surface area contributed by atoms with Gasteiger partial charge in [0.25, 0.3) is 0 Å². The predicted molar refractivity (Wildman–Crippen MR) is 92.3 cm³/mol. The number of hydrogen-bond donors (Lipinski definition) is 2. The van der Waals surface area contributed by atoms with Crippen LogP contribution in [-0.4, -0.2) is 29.5 Å². The van der Waals surface area contributed by atoms with Crippen LogP contribution in [0.3, 0.4) is 0 Å². The Balaban J connectivity index is 1.75. The molecule has 0 saturated carbocycles. The Morgan fingerprint density at radius 3 is 2.77 bits per heavy atom. The normalized spacial score (nSPS) is 11.7. The van der Waals surface area contributed by atoms with Crippen LogP contribution in [0.15, 0.2) is 34.8 Å². The van der Waals surface area contributed by atoms with Gasteiger partial charge >= 0.3 is 0 Å². The molecule has 0 radical (unpaired) electrons. The van der Waals surface area contributed by atoms with E-state index in [1.54, 1.807) is 18.4 Å². The number of aliphatic imine (C=N–C) groups is 1. The molecule has 2 heterocycles. The maximum Gasteiger partial charge on any atom is 0.191 e. The molecule has 118 valence electrons. The highest BCUT2D eigenvalue weighted by Crippen LogP contribution is 2.18. The van der Waals surface area contributed by atoms with Gasteiger partial charge < -0.3 is 10.6 Å². The Labute approximate surface area is 135 Å². The van der Waals surface area contributed by atoms with Crippen molar-refractivity contribution in [1.29, 1.82) is 0 Å². The number of rotatable bonds is 6. The summed E-state index contributed by atoms with van der Waals surface area (Å²) in [6, 6.07) is 5.96. The first-order valence-electron chi connectivity index (χ1n) is 7.47. The lowest BCUT2D eigenvalue weighted by molar-refractivity contribution is 0.769. The minimum atomic E-state index is 0.481. The second-order valence-electron chi connectivity index (χ2n) is 5.26. The number of pyridine rings is 1. The maximum atomic E-state index is 4.61. The van der Waals surface area contributed by atoms with E-state index in [2.05, 4.69) is 44.8 Å². The molecule has 0 aliphatic carbocycles. The predicted octanol–water partition coefficient (Wildman–Crippen LogP) is 2.57. The standard InChI is InChI=1S/C16H23N5S/c1-12(2)15-21-14(11-22-15)10-20-16(17-3)19-9-7-13-6-4-5-8-18-13/h4-6,8,11-12H,7,9-10H2,1-3H3,(H2,17,19,20). The van der Waals surface area contributed by atoms with E-state index < -0.39 is 0 Å². The van der Waals surface area contributed by atoms with Crippen molar-refractivity contribution >= 4 is 17.3 Å². The maximum absolute atomic E-state index is 4.61. The molecular weight excluding hydrogens is 294 g/mol. The van der Waals surface area contributed by atoms with E-state index in [1.807, 2.05) is 24.4 Å². The summed E-state index contributed by atoms with van der Waals surface area (Å²) in [5.74, 6) is 1.27. The summed E-state index contributed by atoms with van der Waals surface area (Å²) in [6.07, 6.45) is 2.69. The van der Waals surface area contributed by atoms with Crippen molar-refractivity contribution in [2.45, 2.75) is 32.7 Å². The first kappa shape index (κ1) is 16.4. The van der Waals surface area contributed by atoms with Crippen molar-refractivity contribution in [3.8, 4) is 0 Å². The summed E-state index contributed by atoms with van der Waals surface area (Å²) in [5, 5.41) is 9.86. The highest BCUT2D eigenvalue weighted by atomic mass is 32.1. The molecule has 0 spiro atoms. The Hall–Kier alpha value is -1.95. The molecule has 5 nitrogen and oxygen atoms in total. The van der Waals surface area contributed by atoms with Crippen LogP contribution in [0.25, 0.3) is 0 Å². The molecule has 0 bridgehead atoms. The van der Waals surface area contributed by atoms with Gasteiger partial charge in [0.05, 0.1) is 17.2 Å². The van der Waals surface area contributed by atoms with Crippen LogP contribution in [0.2, 0.25) is 0 Å². The van der Waals surface area contributed by atoms with Gasteiger partial charge in [-0.25, -0.2) is 4.98 Å². The van der Waals surface area contributed by atoms with Gasteiger partial charge in [-0.05, 0) is 12.1 Å². The number of thiazole rings is 1. The first-order valence-corrected chi connectivity index (χ1v) is 8.35. The smallest absolute Gasteiger partial charge is 0.191 e. The number of nitrogens with zero attached hydrogens (tertiary/aromatic N) is 3. The van der Waals surface area contributed by atoms with E-state index >= 15 is 0 Å². The second kappa shape index (κ2) is 8.48. The van der Waals surface area contributed by atoms with E-state index in [0.717, 1.165) is 30.3 Å². The van der Waals surface area contributed by atoms with E-state index in [0.29, 0.717) is 12.5 Å². The fourth-order valence-corrected chi connectivity index (χ4v) is 2.75. The molecular formula is C16H23N5S. The van der Waals surface area contributed by atoms with Gasteiger partial charge in [-0.15, -0.1) is 11.3 Å². The average molecular weight is 317 g/mol. The average Bonchev–Trinajstić information content (AvgIpc) is 3.01. The summed E-state index contributed by atoms with van der Waals surface area (Å²) < 4.78 is 0. The summed E-state index contributed by atoms with van der Waals surface area (Å²) in [6.45, 7) is 5.81. The monoisotopic (exact) mass is 317 g/mol. The van der Waals surface area contributed by atoms with Crippen molar-refractivity contribution in [1.82, 2.24) is 20.6 Å². The Bertz CT molecular complexity index is 592. The molecule has 0 saturated heterocycles.